The minimum absolute atomic E-state index is 0.0179. The number of methoxy groups -OCH3 is 2. The number of thiazole rings is 1. The number of hydrogen-bond donors (Lipinski definition) is 2. The molecular formula is C18H18N2O5S. The van der Waals surface area contributed by atoms with E-state index in [9.17, 15) is 14.7 Å². The molecule has 136 valence electrons. The maximum atomic E-state index is 12.8. The number of carbonyl (C=O) groups excluding carboxylic acids is 1. The lowest BCUT2D eigenvalue weighted by Crippen LogP contribution is -2.36. The minimum atomic E-state index is -0.916. The van der Waals surface area contributed by atoms with Gasteiger partial charge in [0.05, 0.1) is 36.3 Å². The second kappa shape index (κ2) is 6.28. The van der Waals surface area contributed by atoms with Crippen LogP contribution in [0.2, 0.25) is 0 Å². The molecule has 8 heteroatoms. The van der Waals surface area contributed by atoms with E-state index in [1.165, 1.54) is 11.3 Å². The van der Waals surface area contributed by atoms with Gasteiger partial charge in [-0.2, -0.15) is 0 Å². The normalized spacial score (nSPS) is 26.2. The summed E-state index contributed by atoms with van der Waals surface area (Å²) in [7, 11) is 3.11. The molecule has 0 saturated heterocycles. The summed E-state index contributed by atoms with van der Waals surface area (Å²) in [6, 6.07) is 3.56. The van der Waals surface area contributed by atoms with Crippen LogP contribution in [-0.2, 0) is 9.59 Å². The zero-order chi connectivity index (χ0) is 18.4. The van der Waals surface area contributed by atoms with Crippen molar-refractivity contribution < 1.29 is 24.2 Å². The van der Waals surface area contributed by atoms with E-state index in [1.54, 1.807) is 20.3 Å². The van der Waals surface area contributed by atoms with Gasteiger partial charge in [-0.05, 0) is 18.3 Å². The average Bonchev–Trinajstić information content (AvgIpc) is 3.33. The van der Waals surface area contributed by atoms with Crippen molar-refractivity contribution in [1.29, 1.82) is 0 Å². The second-order valence-electron chi connectivity index (χ2n) is 6.52. The summed E-state index contributed by atoms with van der Waals surface area (Å²) in [5.41, 5.74) is 0.686. The largest absolute Gasteiger partial charge is 0.493 e. The van der Waals surface area contributed by atoms with Crippen molar-refractivity contribution in [2.45, 2.75) is 6.42 Å². The molecular weight excluding hydrogens is 356 g/mol. The van der Waals surface area contributed by atoms with E-state index in [0.717, 1.165) is 11.1 Å². The number of carbonyl (C=O) groups is 2. The zero-order valence-corrected chi connectivity index (χ0v) is 15.1. The number of rotatable bonds is 5. The third kappa shape index (κ3) is 2.61. The van der Waals surface area contributed by atoms with Crippen LogP contribution in [-0.4, -0.2) is 36.2 Å². The Hall–Kier alpha value is -2.61. The van der Waals surface area contributed by atoms with Crippen LogP contribution < -0.4 is 14.8 Å². The second-order valence-corrected chi connectivity index (χ2v) is 7.55. The molecule has 2 N–H and O–H groups in total. The fraction of sp³-hybridized carbons (Fsp3) is 0.389. The van der Waals surface area contributed by atoms with Gasteiger partial charge in [-0.3, -0.25) is 9.59 Å². The molecule has 2 aliphatic carbocycles. The molecule has 26 heavy (non-hydrogen) atoms. The standard InChI is InChI=1S/C18H18N2O5S/c1-24-11-6-10-13(7-12(11)25-2)26-18(19-10)20-16(21)14-8-3-4-9(5-8)15(14)17(22)23/h3-4,6-9,14-15H,5H2,1-2H3,(H,22,23)(H,19,20,21)/t8?,9?,14-,15+/m1/s1. The van der Waals surface area contributed by atoms with Crippen molar-refractivity contribution in [2.75, 3.05) is 19.5 Å². The first-order valence-electron chi connectivity index (χ1n) is 8.26. The predicted molar refractivity (Wildman–Crippen MR) is 96.7 cm³/mol. The van der Waals surface area contributed by atoms with Crippen molar-refractivity contribution in [2.24, 2.45) is 23.7 Å². The molecule has 2 aliphatic rings. The number of carboxylic acid groups (broad SMARTS) is 1. The van der Waals surface area contributed by atoms with Gasteiger partial charge < -0.3 is 19.9 Å². The van der Waals surface area contributed by atoms with Crippen LogP contribution in [0.15, 0.2) is 24.3 Å². The third-order valence-electron chi connectivity index (χ3n) is 5.17. The molecule has 7 nitrogen and oxygen atoms in total. The Morgan fingerprint density at radius 1 is 1.15 bits per heavy atom. The van der Waals surface area contributed by atoms with Gasteiger partial charge in [-0.25, -0.2) is 4.98 Å². The number of allylic oxidation sites excluding steroid dienone is 2. The Labute approximate surface area is 153 Å². The lowest BCUT2D eigenvalue weighted by molar-refractivity contribution is -0.146. The Kier molecular flexibility index (Phi) is 4.07. The van der Waals surface area contributed by atoms with Crippen LogP contribution in [0.3, 0.4) is 0 Å². The molecule has 0 radical (unpaired) electrons. The summed E-state index contributed by atoms with van der Waals surface area (Å²) in [4.78, 5) is 28.8. The highest BCUT2D eigenvalue weighted by atomic mass is 32.1. The van der Waals surface area contributed by atoms with Crippen molar-refractivity contribution in [3.8, 4) is 11.5 Å². The number of fused-ring (bicyclic) bond motifs is 3. The first-order valence-corrected chi connectivity index (χ1v) is 9.08. The summed E-state index contributed by atoms with van der Waals surface area (Å²) in [5.74, 6) is -1.35. The van der Waals surface area contributed by atoms with Crippen molar-refractivity contribution in [3.63, 3.8) is 0 Å². The SMILES string of the molecule is COc1cc2nc(NC(=O)[C@@H]3C4C=CC(C4)[C@@H]3C(=O)O)sc2cc1OC. The van der Waals surface area contributed by atoms with Gasteiger partial charge >= 0.3 is 5.97 Å². The monoisotopic (exact) mass is 374 g/mol. The van der Waals surface area contributed by atoms with Gasteiger partial charge in [0.2, 0.25) is 5.91 Å². The number of ether oxygens (including phenoxy) is 2. The van der Waals surface area contributed by atoms with E-state index in [1.807, 2.05) is 18.2 Å². The number of hydrogen-bond acceptors (Lipinski definition) is 6. The number of anilines is 1. The molecule has 2 bridgehead atoms. The number of carboxylic acids is 1. The molecule has 1 aromatic heterocycles. The molecule has 2 aromatic rings. The summed E-state index contributed by atoms with van der Waals surface area (Å²) in [6.45, 7) is 0. The molecule has 4 rings (SSSR count). The number of aromatic nitrogens is 1. The maximum absolute atomic E-state index is 12.8. The van der Waals surface area contributed by atoms with E-state index in [0.29, 0.717) is 22.1 Å². The van der Waals surface area contributed by atoms with Gasteiger partial charge in [0, 0.05) is 12.1 Å². The molecule has 1 fully saturated rings. The molecule has 2 unspecified atom stereocenters. The molecule has 1 heterocycles. The third-order valence-corrected chi connectivity index (χ3v) is 6.10. The summed E-state index contributed by atoms with van der Waals surface area (Å²) >= 11 is 1.32. The number of nitrogens with one attached hydrogen (secondary N) is 1. The van der Waals surface area contributed by atoms with Crippen LogP contribution in [0.25, 0.3) is 10.2 Å². The quantitative estimate of drug-likeness (QED) is 0.781. The van der Waals surface area contributed by atoms with E-state index in [2.05, 4.69) is 10.3 Å². The number of aliphatic carboxylic acids is 1. The fourth-order valence-electron chi connectivity index (χ4n) is 4.01. The predicted octanol–water partition coefficient (Wildman–Crippen LogP) is 2.77. The highest BCUT2D eigenvalue weighted by molar-refractivity contribution is 7.22. The average molecular weight is 374 g/mol. The van der Waals surface area contributed by atoms with E-state index in [-0.39, 0.29) is 17.7 Å². The first kappa shape index (κ1) is 16.8. The lowest BCUT2D eigenvalue weighted by Gasteiger charge is -2.23. The van der Waals surface area contributed by atoms with Crippen molar-refractivity contribution >= 4 is 38.6 Å². The summed E-state index contributed by atoms with van der Waals surface area (Å²) in [5, 5.41) is 12.7. The molecule has 4 atom stereocenters. The summed E-state index contributed by atoms with van der Waals surface area (Å²) < 4.78 is 11.4. The molecule has 1 amide bonds. The van der Waals surface area contributed by atoms with Crippen LogP contribution in [0, 0.1) is 23.7 Å². The van der Waals surface area contributed by atoms with E-state index in [4.69, 9.17) is 9.47 Å². The van der Waals surface area contributed by atoms with Gasteiger partial charge in [0.15, 0.2) is 16.6 Å². The highest BCUT2D eigenvalue weighted by Crippen LogP contribution is 2.48. The van der Waals surface area contributed by atoms with E-state index >= 15 is 0 Å². The van der Waals surface area contributed by atoms with Gasteiger partial charge in [-0.1, -0.05) is 23.5 Å². The molecule has 1 aromatic carbocycles. The highest BCUT2D eigenvalue weighted by Gasteiger charge is 2.51. The molecule has 0 spiro atoms. The summed E-state index contributed by atoms with van der Waals surface area (Å²) in [6.07, 6.45) is 4.61. The van der Waals surface area contributed by atoms with Crippen molar-refractivity contribution in [3.05, 3.63) is 24.3 Å². The smallest absolute Gasteiger partial charge is 0.307 e. The van der Waals surface area contributed by atoms with Gasteiger partial charge in [0.25, 0.3) is 0 Å². The number of benzene rings is 1. The van der Waals surface area contributed by atoms with Crippen LogP contribution in [0.4, 0.5) is 5.13 Å². The first-order chi connectivity index (χ1) is 12.5. The maximum Gasteiger partial charge on any atom is 0.307 e. The van der Waals surface area contributed by atoms with Crippen LogP contribution in [0.5, 0.6) is 11.5 Å². The van der Waals surface area contributed by atoms with Gasteiger partial charge in [-0.15, -0.1) is 0 Å². The lowest BCUT2D eigenvalue weighted by atomic mass is 9.82. The Balaban J connectivity index is 1.60. The van der Waals surface area contributed by atoms with E-state index < -0.39 is 17.8 Å². The Morgan fingerprint density at radius 2 is 1.81 bits per heavy atom. The minimum Gasteiger partial charge on any atom is -0.493 e. The molecule has 0 aliphatic heterocycles. The van der Waals surface area contributed by atoms with Crippen molar-refractivity contribution in [1.82, 2.24) is 4.98 Å². The fourth-order valence-corrected chi connectivity index (χ4v) is 4.89. The number of amides is 1. The molecule has 1 saturated carbocycles. The van der Waals surface area contributed by atoms with Crippen LogP contribution in [0.1, 0.15) is 6.42 Å². The Morgan fingerprint density at radius 3 is 2.46 bits per heavy atom. The topological polar surface area (TPSA) is 97.8 Å². The van der Waals surface area contributed by atoms with Gasteiger partial charge in [0.1, 0.15) is 0 Å². The number of nitrogens with zero attached hydrogens (tertiary/aromatic N) is 1. The van der Waals surface area contributed by atoms with Crippen LogP contribution >= 0.6 is 11.3 Å². The Bertz CT molecular complexity index is 881. The zero-order valence-electron chi connectivity index (χ0n) is 14.3.